The third-order valence-electron chi connectivity index (χ3n) is 4.05. The zero-order valence-electron chi connectivity index (χ0n) is 13.5. The average Bonchev–Trinajstić information content (AvgIpc) is 2.93. The molecule has 0 unspecified atom stereocenters. The highest BCUT2D eigenvalue weighted by molar-refractivity contribution is 5.92. The summed E-state index contributed by atoms with van der Waals surface area (Å²) in [6, 6.07) is 5.90. The fraction of sp³-hybridized carbons (Fsp3) is 0.375. The Morgan fingerprint density at radius 2 is 1.91 bits per heavy atom. The number of anilines is 2. The van der Waals surface area contributed by atoms with E-state index >= 15 is 0 Å². The number of aromatic nitrogens is 4. The van der Waals surface area contributed by atoms with Crippen molar-refractivity contribution in [2.45, 2.75) is 26.4 Å². The number of rotatable bonds is 3. The largest absolute Gasteiger partial charge is 0.386 e. The molecule has 0 aliphatic heterocycles. The maximum atomic E-state index is 10.2. The van der Waals surface area contributed by atoms with Crippen LogP contribution in [0, 0.1) is 6.92 Å². The molecule has 6 heteroatoms. The quantitative estimate of drug-likeness (QED) is 0.780. The molecule has 0 saturated carbocycles. The fourth-order valence-corrected chi connectivity index (χ4v) is 2.48. The van der Waals surface area contributed by atoms with Crippen molar-refractivity contribution in [2.75, 3.05) is 5.32 Å². The molecule has 0 atom stereocenters. The number of aryl methyl sites for hydroxylation is 2. The number of nitrogens with one attached hydrogen (secondary N) is 1. The van der Waals surface area contributed by atoms with Crippen LogP contribution in [0.15, 0.2) is 24.4 Å². The summed E-state index contributed by atoms with van der Waals surface area (Å²) in [7, 11) is 3.81. The molecule has 0 saturated heterocycles. The van der Waals surface area contributed by atoms with Crippen molar-refractivity contribution in [1.82, 2.24) is 19.6 Å². The summed E-state index contributed by atoms with van der Waals surface area (Å²) >= 11 is 0. The van der Waals surface area contributed by atoms with Gasteiger partial charge in [0.1, 0.15) is 0 Å². The topological polar surface area (TPSA) is 67.9 Å². The van der Waals surface area contributed by atoms with Gasteiger partial charge in [-0.3, -0.25) is 9.36 Å². The average molecular weight is 299 g/mol. The fourth-order valence-electron chi connectivity index (χ4n) is 2.48. The normalized spacial score (nSPS) is 12.1. The van der Waals surface area contributed by atoms with Gasteiger partial charge in [0.05, 0.1) is 28.7 Å². The van der Waals surface area contributed by atoms with Gasteiger partial charge in [-0.25, -0.2) is 0 Å². The van der Waals surface area contributed by atoms with Crippen LogP contribution in [-0.2, 0) is 19.7 Å². The van der Waals surface area contributed by atoms with Crippen LogP contribution >= 0.6 is 0 Å². The molecule has 1 aromatic carbocycles. The minimum Gasteiger partial charge on any atom is -0.386 e. The summed E-state index contributed by atoms with van der Waals surface area (Å²) in [5.74, 6) is 0.788. The summed E-state index contributed by atoms with van der Waals surface area (Å²) in [6.07, 6.45) is 1.79. The van der Waals surface area contributed by atoms with E-state index in [9.17, 15) is 5.11 Å². The van der Waals surface area contributed by atoms with E-state index in [1.807, 2.05) is 48.6 Å². The number of nitrogens with zero attached hydrogens (tertiary/aromatic N) is 4. The van der Waals surface area contributed by atoms with Gasteiger partial charge in [0, 0.05) is 19.5 Å². The van der Waals surface area contributed by atoms with Gasteiger partial charge in [0.15, 0.2) is 5.82 Å². The Hall–Kier alpha value is -2.34. The van der Waals surface area contributed by atoms with Crippen LogP contribution in [0.25, 0.3) is 10.9 Å². The van der Waals surface area contributed by atoms with Crippen molar-refractivity contribution >= 4 is 22.4 Å². The number of hydrogen-bond donors (Lipinski definition) is 2. The van der Waals surface area contributed by atoms with Crippen molar-refractivity contribution < 1.29 is 5.11 Å². The summed E-state index contributed by atoms with van der Waals surface area (Å²) in [6.45, 7) is 5.57. The summed E-state index contributed by atoms with van der Waals surface area (Å²) in [4.78, 5) is 0. The Balaban J connectivity index is 2.07. The molecule has 0 aliphatic rings. The van der Waals surface area contributed by atoms with Gasteiger partial charge in [0.25, 0.3) is 0 Å². The highest BCUT2D eigenvalue weighted by Crippen LogP contribution is 2.30. The second-order valence-electron chi connectivity index (χ2n) is 6.16. The van der Waals surface area contributed by atoms with Gasteiger partial charge in [-0.15, -0.1) is 0 Å². The molecular formula is C16H21N5O. The van der Waals surface area contributed by atoms with Crippen LogP contribution in [0.2, 0.25) is 0 Å². The van der Waals surface area contributed by atoms with Crippen molar-refractivity contribution in [3.63, 3.8) is 0 Å². The highest BCUT2D eigenvalue weighted by Gasteiger charge is 2.18. The van der Waals surface area contributed by atoms with Gasteiger partial charge in [-0.1, -0.05) is 6.07 Å². The maximum Gasteiger partial charge on any atom is 0.160 e. The minimum atomic E-state index is -0.869. The lowest BCUT2D eigenvalue weighted by Gasteiger charge is -2.17. The third-order valence-corrected chi connectivity index (χ3v) is 4.05. The van der Waals surface area contributed by atoms with Crippen molar-refractivity contribution in [3.8, 4) is 0 Å². The van der Waals surface area contributed by atoms with E-state index in [1.165, 1.54) is 0 Å². The first-order valence-electron chi connectivity index (χ1n) is 7.22. The SMILES string of the molecule is Cc1c(Nc2nn(C)c3cc(C(C)(C)O)ccc23)cnn1C. The molecule has 3 aromatic rings. The molecule has 0 radical (unpaired) electrons. The van der Waals surface area contributed by atoms with E-state index in [0.29, 0.717) is 0 Å². The number of benzene rings is 1. The first kappa shape index (κ1) is 14.6. The van der Waals surface area contributed by atoms with Gasteiger partial charge in [-0.05, 0) is 38.5 Å². The second kappa shape index (κ2) is 4.84. The molecule has 0 fully saturated rings. The molecule has 2 N–H and O–H groups in total. The van der Waals surface area contributed by atoms with Crippen LogP contribution < -0.4 is 5.32 Å². The molecule has 6 nitrogen and oxygen atoms in total. The van der Waals surface area contributed by atoms with Gasteiger partial charge in [-0.2, -0.15) is 10.2 Å². The van der Waals surface area contributed by atoms with E-state index in [2.05, 4.69) is 15.5 Å². The number of fused-ring (bicyclic) bond motifs is 1. The zero-order valence-corrected chi connectivity index (χ0v) is 13.5. The van der Waals surface area contributed by atoms with E-state index in [0.717, 1.165) is 33.7 Å². The third kappa shape index (κ3) is 2.35. The molecule has 22 heavy (non-hydrogen) atoms. The van der Waals surface area contributed by atoms with Crippen LogP contribution in [0.1, 0.15) is 25.1 Å². The predicted molar refractivity (Wildman–Crippen MR) is 87.2 cm³/mol. The lowest BCUT2D eigenvalue weighted by atomic mass is 9.97. The maximum absolute atomic E-state index is 10.2. The molecule has 2 heterocycles. The summed E-state index contributed by atoms with van der Waals surface area (Å²) in [5, 5.41) is 23.3. The lowest BCUT2D eigenvalue weighted by molar-refractivity contribution is 0.0787. The Kier molecular flexibility index (Phi) is 3.21. The lowest BCUT2D eigenvalue weighted by Crippen LogP contribution is -2.15. The molecule has 0 bridgehead atoms. The van der Waals surface area contributed by atoms with Crippen LogP contribution in [-0.4, -0.2) is 24.7 Å². The molecule has 0 spiro atoms. The Morgan fingerprint density at radius 3 is 2.50 bits per heavy atom. The van der Waals surface area contributed by atoms with Crippen molar-refractivity contribution in [2.24, 2.45) is 14.1 Å². The van der Waals surface area contributed by atoms with E-state index in [1.54, 1.807) is 20.0 Å². The van der Waals surface area contributed by atoms with E-state index in [-0.39, 0.29) is 0 Å². The first-order valence-corrected chi connectivity index (χ1v) is 7.22. The summed E-state index contributed by atoms with van der Waals surface area (Å²) in [5.41, 5.74) is 2.96. The van der Waals surface area contributed by atoms with Crippen molar-refractivity contribution in [3.05, 3.63) is 35.7 Å². The monoisotopic (exact) mass is 299 g/mol. The molecule has 0 amide bonds. The van der Waals surface area contributed by atoms with Gasteiger partial charge >= 0.3 is 0 Å². The molecular weight excluding hydrogens is 278 g/mol. The molecule has 116 valence electrons. The van der Waals surface area contributed by atoms with Crippen LogP contribution in [0.4, 0.5) is 11.5 Å². The standard InChI is InChI=1S/C16H21N5O/c1-10-13(9-17-20(10)4)18-15-12-7-6-11(16(2,3)22)8-14(12)21(5)19-15/h6-9,22H,1-5H3,(H,18,19). The zero-order chi connectivity index (χ0) is 16.1. The Labute approximate surface area is 129 Å². The van der Waals surface area contributed by atoms with E-state index in [4.69, 9.17) is 0 Å². The number of hydrogen-bond acceptors (Lipinski definition) is 4. The van der Waals surface area contributed by atoms with Crippen LogP contribution in [0.5, 0.6) is 0 Å². The Bertz CT molecular complexity index is 838. The first-order chi connectivity index (χ1) is 10.3. The highest BCUT2D eigenvalue weighted by atomic mass is 16.3. The Morgan fingerprint density at radius 1 is 1.18 bits per heavy atom. The second-order valence-corrected chi connectivity index (χ2v) is 6.16. The van der Waals surface area contributed by atoms with Crippen LogP contribution in [0.3, 0.4) is 0 Å². The number of aliphatic hydroxyl groups is 1. The predicted octanol–water partition coefficient (Wildman–Crippen LogP) is 2.59. The molecule has 2 aromatic heterocycles. The summed E-state index contributed by atoms with van der Waals surface area (Å²) < 4.78 is 3.64. The molecule has 0 aliphatic carbocycles. The molecule has 3 rings (SSSR count). The van der Waals surface area contributed by atoms with Crippen molar-refractivity contribution in [1.29, 1.82) is 0 Å². The van der Waals surface area contributed by atoms with Gasteiger partial charge in [0.2, 0.25) is 0 Å². The smallest absolute Gasteiger partial charge is 0.160 e. The van der Waals surface area contributed by atoms with E-state index < -0.39 is 5.60 Å². The van der Waals surface area contributed by atoms with Gasteiger partial charge < -0.3 is 10.4 Å². The minimum absolute atomic E-state index is 0.788.